The van der Waals surface area contributed by atoms with Gasteiger partial charge in [-0.25, -0.2) is 0 Å². The van der Waals surface area contributed by atoms with Gasteiger partial charge in [0, 0.05) is 18.8 Å². The number of unbranched alkanes of at least 4 members (excludes halogenated alkanes) is 3. The predicted molar refractivity (Wildman–Crippen MR) is 190 cm³/mol. The van der Waals surface area contributed by atoms with Gasteiger partial charge in [0.25, 0.3) is 0 Å². The lowest BCUT2D eigenvalue weighted by molar-refractivity contribution is 0.634. The van der Waals surface area contributed by atoms with Gasteiger partial charge in [-0.15, -0.1) is 0 Å². The molecule has 1 unspecified atom stereocenters. The van der Waals surface area contributed by atoms with E-state index in [-0.39, 0.29) is 0 Å². The molecule has 2 heterocycles. The van der Waals surface area contributed by atoms with E-state index in [1.54, 1.807) is 0 Å². The third kappa shape index (κ3) is 3.94. The molecule has 5 aromatic rings. The first kappa shape index (κ1) is 27.7. The standard InChI is InChI=1S/C44H40N2/c1-2-3-4-5-10-29-15-18-36-37-19-16-30(28-45)24-41(37)44(40(36)23-29)39-14-7-6-13-35(39)38-20-17-31(27-42(38)44)34-25-32-11-8-21-46-22-9-12-33(26-34)43(32)46/h6-7,13-20,23-27H,2-5,8-12,21-22H2,1H3. The first-order chi connectivity index (χ1) is 22.7. The van der Waals surface area contributed by atoms with Gasteiger partial charge in [-0.1, -0.05) is 86.8 Å². The Morgan fingerprint density at radius 2 is 1.33 bits per heavy atom. The second-order valence-corrected chi connectivity index (χ2v) is 14.0. The van der Waals surface area contributed by atoms with Crippen LogP contribution >= 0.6 is 0 Å². The van der Waals surface area contributed by atoms with Gasteiger partial charge in [-0.3, -0.25) is 0 Å². The summed E-state index contributed by atoms with van der Waals surface area (Å²) in [6.07, 6.45) is 11.0. The molecule has 46 heavy (non-hydrogen) atoms. The summed E-state index contributed by atoms with van der Waals surface area (Å²) >= 11 is 0. The average Bonchev–Trinajstić information content (AvgIpc) is 3.56. The minimum Gasteiger partial charge on any atom is -0.371 e. The highest BCUT2D eigenvalue weighted by atomic mass is 15.1. The third-order valence-electron chi connectivity index (χ3n) is 11.4. The molecule has 9 rings (SSSR count). The van der Waals surface area contributed by atoms with E-state index in [2.05, 4.69) is 103 Å². The van der Waals surface area contributed by atoms with Crippen LogP contribution < -0.4 is 4.90 Å². The summed E-state index contributed by atoms with van der Waals surface area (Å²) in [5.74, 6) is 0. The smallest absolute Gasteiger partial charge is 0.0991 e. The monoisotopic (exact) mass is 596 g/mol. The summed E-state index contributed by atoms with van der Waals surface area (Å²) in [6.45, 7) is 4.68. The van der Waals surface area contributed by atoms with Crippen molar-refractivity contribution >= 4 is 5.69 Å². The molecular weight excluding hydrogens is 556 g/mol. The lowest BCUT2D eigenvalue weighted by Crippen LogP contribution is -2.34. The highest BCUT2D eigenvalue weighted by Crippen LogP contribution is 2.63. The Hall–Kier alpha value is -4.61. The largest absolute Gasteiger partial charge is 0.371 e. The van der Waals surface area contributed by atoms with E-state index in [1.807, 2.05) is 6.07 Å². The van der Waals surface area contributed by atoms with E-state index in [9.17, 15) is 5.26 Å². The van der Waals surface area contributed by atoms with Crippen LogP contribution in [0.2, 0.25) is 0 Å². The number of fused-ring (bicyclic) bond motifs is 10. The normalized spacial score (nSPS) is 18.0. The van der Waals surface area contributed by atoms with Crippen molar-refractivity contribution in [1.82, 2.24) is 0 Å². The summed E-state index contributed by atoms with van der Waals surface area (Å²) in [5.41, 5.74) is 19.5. The van der Waals surface area contributed by atoms with Gasteiger partial charge in [0.1, 0.15) is 0 Å². The zero-order valence-corrected chi connectivity index (χ0v) is 26.8. The molecule has 0 saturated heterocycles. The zero-order chi connectivity index (χ0) is 30.8. The summed E-state index contributed by atoms with van der Waals surface area (Å²) in [5, 5.41) is 10.1. The van der Waals surface area contributed by atoms with E-state index in [1.165, 1.54) is 142 Å². The number of rotatable bonds is 6. The lowest BCUT2D eigenvalue weighted by Gasteiger charge is -2.37. The van der Waals surface area contributed by atoms with Crippen molar-refractivity contribution < 1.29 is 0 Å². The SMILES string of the molecule is CCCCCCc1ccc2c(c1)C1(c3ccccc3-c3ccc(-c4cc5c6c(c4)CCCN6CCC5)cc31)c1cc(C#N)ccc1-2. The maximum absolute atomic E-state index is 10.1. The van der Waals surface area contributed by atoms with Crippen LogP contribution in [0.4, 0.5) is 5.69 Å². The highest BCUT2D eigenvalue weighted by Gasteiger charge is 2.52. The van der Waals surface area contributed by atoms with Crippen LogP contribution in [0.15, 0.2) is 91.0 Å². The van der Waals surface area contributed by atoms with Gasteiger partial charge in [-0.2, -0.15) is 5.26 Å². The van der Waals surface area contributed by atoms with Gasteiger partial charge in [0.2, 0.25) is 0 Å². The van der Waals surface area contributed by atoms with Gasteiger partial charge in [-0.05, 0) is 141 Å². The van der Waals surface area contributed by atoms with Crippen LogP contribution in [-0.4, -0.2) is 13.1 Å². The summed E-state index contributed by atoms with van der Waals surface area (Å²) in [4.78, 5) is 2.63. The molecule has 2 aliphatic carbocycles. The molecule has 1 spiro atoms. The zero-order valence-electron chi connectivity index (χ0n) is 26.8. The molecule has 0 fully saturated rings. The number of aryl methyl sites for hydroxylation is 3. The Morgan fingerprint density at radius 1 is 0.652 bits per heavy atom. The molecule has 0 saturated carbocycles. The Kier molecular flexibility index (Phi) is 6.46. The van der Waals surface area contributed by atoms with Gasteiger partial charge < -0.3 is 4.90 Å². The van der Waals surface area contributed by atoms with Crippen LogP contribution in [-0.2, 0) is 24.7 Å². The van der Waals surface area contributed by atoms with E-state index in [0.29, 0.717) is 0 Å². The molecule has 5 aromatic carbocycles. The minimum absolute atomic E-state index is 0.446. The van der Waals surface area contributed by atoms with Crippen molar-refractivity contribution in [3.05, 3.63) is 136 Å². The summed E-state index contributed by atoms with van der Waals surface area (Å²) < 4.78 is 0. The van der Waals surface area contributed by atoms with Gasteiger partial charge >= 0.3 is 0 Å². The highest BCUT2D eigenvalue weighted by molar-refractivity contribution is 5.96. The van der Waals surface area contributed by atoms with Crippen molar-refractivity contribution in [2.24, 2.45) is 0 Å². The van der Waals surface area contributed by atoms with Crippen molar-refractivity contribution in [3.63, 3.8) is 0 Å². The molecular formula is C44H40N2. The topological polar surface area (TPSA) is 27.0 Å². The lowest BCUT2D eigenvalue weighted by atomic mass is 9.69. The number of hydrogen-bond acceptors (Lipinski definition) is 2. The number of nitriles is 1. The van der Waals surface area contributed by atoms with Crippen LogP contribution in [0, 0.1) is 11.3 Å². The molecule has 0 aromatic heterocycles. The van der Waals surface area contributed by atoms with Crippen LogP contribution in [0.3, 0.4) is 0 Å². The third-order valence-corrected chi connectivity index (χ3v) is 11.4. The maximum atomic E-state index is 10.1. The van der Waals surface area contributed by atoms with E-state index >= 15 is 0 Å². The van der Waals surface area contributed by atoms with Crippen LogP contribution in [0.25, 0.3) is 33.4 Å². The quantitative estimate of drug-likeness (QED) is 0.179. The van der Waals surface area contributed by atoms with Gasteiger partial charge in [0.05, 0.1) is 17.0 Å². The molecule has 4 aliphatic rings. The fourth-order valence-electron chi connectivity index (χ4n) is 9.36. The molecule has 2 heteroatoms. The Labute approximate surface area is 273 Å². The second-order valence-electron chi connectivity index (χ2n) is 14.0. The average molecular weight is 597 g/mol. The van der Waals surface area contributed by atoms with Crippen LogP contribution in [0.5, 0.6) is 0 Å². The minimum atomic E-state index is -0.446. The Balaban J connectivity index is 1.28. The molecule has 0 radical (unpaired) electrons. The van der Waals surface area contributed by atoms with Crippen molar-refractivity contribution in [3.8, 4) is 39.4 Å². The maximum Gasteiger partial charge on any atom is 0.0991 e. The molecule has 2 nitrogen and oxygen atoms in total. The molecule has 226 valence electrons. The van der Waals surface area contributed by atoms with Crippen LogP contribution in [0.1, 0.15) is 90.0 Å². The summed E-state index contributed by atoms with van der Waals surface area (Å²) in [7, 11) is 0. The number of anilines is 1. The summed E-state index contributed by atoms with van der Waals surface area (Å²) in [6, 6.07) is 37.4. The Morgan fingerprint density at radius 3 is 2.09 bits per heavy atom. The number of hydrogen-bond donors (Lipinski definition) is 0. The molecule has 2 aliphatic heterocycles. The first-order valence-electron chi connectivity index (χ1n) is 17.5. The van der Waals surface area contributed by atoms with E-state index in [4.69, 9.17) is 0 Å². The number of nitrogens with zero attached hydrogens (tertiary/aromatic N) is 2. The molecule has 0 amide bonds. The molecule has 0 N–H and O–H groups in total. The molecule has 1 atom stereocenters. The number of benzene rings is 5. The van der Waals surface area contributed by atoms with Crippen molar-refractivity contribution in [1.29, 1.82) is 5.26 Å². The van der Waals surface area contributed by atoms with E-state index < -0.39 is 5.41 Å². The van der Waals surface area contributed by atoms with Gasteiger partial charge in [0.15, 0.2) is 0 Å². The van der Waals surface area contributed by atoms with Crippen molar-refractivity contribution in [2.75, 3.05) is 18.0 Å². The fraction of sp³-hybridized carbons (Fsp3) is 0.295. The first-order valence-corrected chi connectivity index (χ1v) is 17.5. The predicted octanol–water partition coefficient (Wildman–Crippen LogP) is 10.4. The molecule has 0 bridgehead atoms. The van der Waals surface area contributed by atoms with Crippen molar-refractivity contribution in [2.45, 2.75) is 70.1 Å². The van der Waals surface area contributed by atoms with E-state index in [0.717, 1.165) is 12.0 Å². The Bertz CT molecular complexity index is 2050. The second kappa shape index (κ2) is 10.7. The fourth-order valence-corrected chi connectivity index (χ4v) is 9.36.